The fourth-order valence-electron chi connectivity index (χ4n) is 1.75. The summed E-state index contributed by atoms with van der Waals surface area (Å²) in [7, 11) is 0. The summed E-state index contributed by atoms with van der Waals surface area (Å²) in [6, 6.07) is 2.96. The molecule has 1 atom stereocenters. The average molecular weight is 213 g/mol. The fourth-order valence-corrected chi connectivity index (χ4v) is 4.34. The van der Waals surface area contributed by atoms with Crippen LogP contribution in [0.3, 0.4) is 0 Å². The molecule has 0 bridgehead atoms. The van der Waals surface area contributed by atoms with Gasteiger partial charge < -0.3 is 5.32 Å². The molecule has 0 aliphatic carbocycles. The number of thiophene rings is 1. The van der Waals surface area contributed by atoms with Crippen molar-refractivity contribution < 1.29 is 0 Å². The first kappa shape index (κ1) is 9.56. The van der Waals surface area contributed by atoms with Crippen LogP contribution in [0.1, 0.15) is 29.8 Å². The van der Waals surface area contributed by atoms with Crippen molar-refractivity contribution in [3.8, 4) is 0 Å². The number of thioether (sulfide) groups is 1. The molecule has 0 spiro atoms. The van der Waals surface area contributed by atoms with E-state index in [-0.39, 0.29) is 0 Å². The van der Waals surface area contributed by atoms with Gasteiger partial charge in [0.25, 0.3) is 0 Å². The second-order valence-electron chi connectivity index (χ2n) is 3.35. The third kappa shape index (κ3) is 1.92. The van der Waals surface area contributed by atoms with Crippen LogP contribution in [0.25, 0.3) is 0 Å². The zero-order valence-corrected chi connectivity index (χ0v) is 9.73. The van der Waals surface area contributed by atoms with Gasteiger partial charge in [0, 0.05) is 16.7 Å². The van der Waals surface area contributed by atoms with Gasteiger partial charge in [-0.3, -0.25) is 0 Å². The van der Waals surface area contributed by atoms with Crippen LogP contribution in [0.4, 0.5) is 0 Å². The van der Waals surface area contributed by atoms with Gasteiger partial charge in [-0.15, -0.1) is 23.1 Å². The summed E-state index contributed by atoms with van der Waals surface area (Å²) in [6.45, 7) is 5.46. The lowest BCUT2D eigenvalue weighted by Gasteiger charge is -2.22. The Morgan fingerprint density at radius 3 is 3.23 bits per heavy atom. The molecule has 0 saturated heterocycles. The van der Waals surface area contributed by atoms with E-state index in [2.05, 4.69) is 25.2 Å². The summed E-state index contributed by atoms with van der Waals surface area (Å²) in [6.07, 6.45) is 1.28. The molecule has 3 heteroatoms. The fraction of sp³-hybridized carbons (Fsp3) is 0.600. The molecular formula is C10H15NS2. The van der Waals surface area contributed by atoms with Crippen molar-refractivity contribution in [1.82, 2.24) is 5.32 Å². The maximum atomic E-state index is 3.55. The molecule has 2 rings (SSSR count). The Bertz CT molecular complexity index is 293. The molecule has 0 fully saturated rings. The molecule has 1 unspecified atom stereocenters. The Morgan fingerprint density at radius 1 is 1.62 bits per heavy atom. The highest BCUT2D eigenvalue weighted by Gasteiger charge is 2.21. The largest absolute Gasteiger partial charge is 0.310 e. The van der Waals surface area contributed by atoms with E-state index in [1.807, 2.05) is 23.1 Å². The molecule has 13 heavy (non-hydrogen) atoms. The molecule has 1 aromatic rings. The maximum absolute atomic E-state index is 3.55. The van der Waals surface area contributed by atoms with Crippen LogP contribution in [0.2, 0.25) is 0 Å². The number of rotatable bonds is 2. The van der Waals surface area contributed by atoms with Crippen molar-refractivity contribution in [3.05, 3.63) is 16.5 Å². The van der Waals surface area contributed by atoms with E-state index in [4.69, 9.17) is 0 Å². The number of hydrogen-bond donors (Lipinski definition) is 1. The van der Waals surface area contributed by atoms with Crippen LogP contribution in [-0.2, 0) is 0 Å². The standard InChI is InChI=1S/C10H15NS2/c1-3-11-9-4-5-12-10-8(9)6-7(2)13-10/h6,9,11H,3-5H2,1-2H3. The molecule has 1 aliphatic heterocycles. The maximum Gasteiger partial charge on any atom is 0.0649 e. The van der Waals surface area contributed by atoms with Gasteiger partial charge >= 0.3 is 0 Å². The van der Waals surface area contributed by atoms with Gasteiger partial charge in [-0.1, -0.05) is 6.92 Å². The smallest absolute Gasteiger partial charge is 0.0649 e. The van der Waals surface area contributed by atoms with Crippen molar-refractivity contribution in [3.63, 3.8) is 0 Å². The highest BCUT2D eigenvalue weighted by atomic mass is 32.2. The molecule has 1 aromatic heterocycles. The molecule has 2 heterocycles. The van der Waals surface area contributed by atoms with Crippen molar-refractivity contribution >= 4 is 23.1 Å². The van der Waals surface area contributed by atoms with Crippen LogP contribution in [0.15, 0.2) is 10.3 Å². The van der Waals surface area contributed by atoms with Crippen molar-refractivity contribution in [2.24, 2.45) is 0 Å². The van der Waals surface area contributed by atoms with Crippen LogP contribution < -0.4 is 5.32 Å². The van der Waals surface area contributed by atoms with E-state index in [0.29, 0.717) is 6.04 Å². The van der Waals surface area contributed by atoms with Gasteiger partial charge in [-0.25, -0.2) is 0 Å². The minimum atomic E-state index is 0.617. The highest BCUT2D eigenvalue weighted by molar-refractivity contribution is 8.01. The normalized spacial score (nSPS) is 21.5. The highest BCUT2D eigenvalue weighted by Crippen LogP contribution is 2.41. The van der Waals surface area contributed by atoms with Crippen LogP contribution >= 0.6 is 23.1 Å². The first-order chi connectivity index (χ1) is 6.31. The number of fused-ring (bicyclic) bond motifs is 1. The van der Waals surface area contributed by atoms with Gasteiger partial charge in [0.2, 0.25) is 0 Å². The summed E-state index contributed by atoms with van der Waals surface area (Å²) >= 11 is 3.96. The molecule has 1 aliphatic rings. The molecule has 1 N–H and O–H groups in total. The zero-order chi connectivity index (χ0) is 9.26. The average Bonchev–Trinajstić information content (AvgIpc) is 2.47. The minimum Gasteiger partial charge on any atom is -0.310 e. The summed E-state index contributed by atoms with van der Waals surface area (Å²) in [5.41, 5.74) is 1.54. The first-order valence-electron chi connectivity index (χ1n) is 4.77. The molecule has 0 saturated carbocycles. The van der Waals surface area contributed by atoms with E-state index >= 15 is 0 Å². The molecule has 72 valence electrons. The summed E-state index contributed by atoms with van der Waals surface area (Å²) in [5, 5.41) is 3.55. The van der Waals surface area contributed by atoms with E-state index < -0.39 is 0 Å². The predicted molar refractivity (Wildman–Crippen MR) is 60.8 cm³/mol. The Morgan fingerprint density at radius 2 is 2.46 bits per heavy atom. The van der Waals surface area contributed by atoms with E-state index in [1.165, 1.54) is 21.3 Å². The van der Waals surface area contributed by atoms with Crippen LogP contribution in [-0.4, -0.2) is 12.3 Å². The lowest BCUT2D eigenvalue weighted by molar-refractivity contribution is 0.531. The molecule has 1 nitrogen and oxygen atoms in total. The summed E-state index contributed by atoms with van der Waals surface area (Å²) in [5.74, 6) is 1.27. The Labute approximate surface area is 87.9 Å². The first-order valence-corrected chi connectivity index (χ1v) is 6.58. The van der Waals surface area contributed by atoms with E-state index in [1.54, 1.807) is 5.56 Å². The molecular weight excluding hydrogens is 198 g/mol. The lowest BCUT2D eigenvalue weighted by Crippen LogP contribution is -2.23. The van der Waals surface area contributed by atoms with E-state index in [9.17, 15) is 0 Å². The number of aryl methyl sites for hydroxylation is 1. The SMILES string of the molecule is CCNC1CCSc2sc(C)cc21. The Kier molecular flexibility index (Phi) is 2.96. The van der Waals surface area contributed by atoms with Gasteiger partial charge in [0.1, 0.15) is 0 Å². The van der Waals surface area contributed by atoms with Crippen molar-refractivity contribution in [2.75, 3.05) is 12.3 Å². The summed E-state index contributed by atoms with van der Waals surface area (Å²) in [4.78, 5) is 1.45. The van der Waals surface area contributed by atoms with E-state index in [0.717, 1.165) is 6.54 Å². The third-order valence-electron chi connectivity index (χ3n) is 2.31. The Balaban J connectivity index is 2.25. The third-order valence-corrected chi connectivity index (χ3v) is 4.72. The minimum absolute atomic E-state index is 0.617. The molecule has 0 amide bonds. The van der Waals surface area contributed by atoms with Gasteiger partial charge in [0.05, 0.1) is 4.21 Å². The molecule has 0 aromatic carbocycles. The monoisotopic (exact) mass is 213 g/mol. The second kappa shape index (κ2) is 4.03. The molecule has 0 radical (unpaired) electrons. The van der Waals surface area contributed by atoms with Crippen molar-refractivity contribution in [2.45, 2.75) is 30.5 Å². The number of hydrogen-bond acceptors (Lipinski definition) is 3. The Hall–Kier alpha value is 0.0100. The van der Waals surface area contributed by atoms with Crippen molar-refractivity contribution in [1.29, 1.82) is 0 Å². The van der Waals surface area contributed by atoms with Crippen LogP contribution in [0.5, 0.6) is 0 Å². The zero-order valence-electron chi connectivity index (χ0n) is 8.09. The lowest BCUT2D eigenvalue weighted by atomic mass is 10.1. The second-order valence-corrected chi connectivity index (χ2v) is 5.97. The number of nitrogens with one attached hydrogen (secondary N) is 1. The van der Waals surface area contributed by atoms with Gasteiger partial charge in [0.15, 0.2) is 0 Å². The van der Waals surface area contributed by atoms with Crippen LogP contribution in [0, 0.1) is 6.92 Å². The topological polar surface area (TPSA) is 12.0 Å². The predicted octanol–water partition coefficient (Wildman–Crippen LogP) is 3.20. The van der Waals surface area contributed by atoms with Gasteiger partial charge in [-0.2, -0.15) is 0 Å². The summed E-state index contributed by atoms with van der Waals surface area (Å²) < 4.78 is 1.54. The quantitative estimate of drug-likeness (QED) is 0.809. The van der Waals surface area contributed by atoms with Gasteiger partial charge in [-0.05, 0) is 31.5 Å².